The lowest BCUT2D eigenvalue weighted by Gasteiger charge is -2.07. The van der Waals surface area contributed by atoms with Crippen LogP contribution in [-0.2, 0) is 9.53 Å². The highest BCUT2D eigenvalue weighted by atomic mass is 35.5. The van der Waals surface area contributed by atoms with Crippen molar-refractivity contribution in [3.8, 4) is 0 Å². The van der Waals surface area contributed by atoms with Crippen molar-refractivity contribution in [2.75, 3.05) is 11.9 Å². The van der Waals surface area contributed by atoms with Gasteiger partial charge in [0, 0.05) is 18.3 Å². The zero-order chi connectivity index (χ0) is 17.7. The van der Waals surface area contributed by atoms with Crippen LogP contribution in [0.4, 0.5) is 11.5 Å². The van der Waals surface area contributed by atoms with Gasteiger partial charge in [-0.3, -0.25) is 14.9 Å². The maximum atomic E-state index is 11.9. The summed E-state index contributed by atoms with van der Waals surface area (Å²) in [5.74, 6) is -1.25. The van der Waals surface area contributed by atoms with E-state index >= 15 is 0 Å². The van der Waals surface area contributed by atoms with E-state index in [0.29, 0.717) is 5.02 Å². The van der Waals surface area contributed by atoms with Crippen molar-refractivity contribution in [3.05, 3.63) is 62.3 Å². The fourth-order valence-electron chi connectivity index (χ4n) is 1.62. The Morgan fingerprint density at radius 3 is 2.58 bits per heavy atom. The fraction of sp³-hybridized carbons (Fsp3) is 0.0714. The molecule has 0 unspecified atom stereocenters. The lowest BCUT2D eigenvalue weighted by Crippen LogP contribution is -2.21. The Bertz CT molecular complexity index is 795. The number of hydrogen-bond acceptors (Lipinski definition) is 6. The number of carbonyl (C=O) groups excluding carboxylic acids is 2. The average Bonchev–Trinajstić information content (AvgIpc) is 2.54. The fourth-order valence-corrected chi connectivity index (χ4v) is 1.98. The average molecular weight is 370 g/mol. The summed E-state index contributed by atoms with van der Waals surface area (Å²) in [7, 11) is 0. The number of esters is 1. The predicted molar refractivity (Wildman–Crippen MR) is 86.3 cm³/mol. The number of nitro benzene ring substituents is 1. The number of benzene rings is 1. The molecule has 1 N–H and O–H groups in total. The first-order valence-corrected chi connectivity index (χ1v) is 7.15. The summed E-state index contributed by atoms with van der Waals surface area (Å²) >= 11 is 11.5. The van der Waals surface area contributed by atoms with E-state index in [9.17, 15) is 19.7 Å². The van der Waals surface area contributed by atoms with Gasteiger partial charge in [-0.15, -0.1) is 0 Å². The van der Waals surface area contributed by atoms with Crippen molar-refractivity contribution in [1.82, 2.24) is 4.98 Å². The first-order chi connectivity index (χ1) is 11.4. The van der Waals surface area contributed by atoms with Gasteiger partial charge in [0.05, 0.1) is 20.5 Å². The van der Waals surface area contributed by atoms with E-state index in [1.807, 2.05) is 0 Å². The van der Waals surface area contributed by atoms with Gasteiger partial charge in [-0.05, 0) is 18.2 Å². The molecule has 0 aliphatic rings. The van der Waals surface area contributed by atoms with Crippen LogP contribution >= 0.6 is 23.2 Å². The lowest BCUT2D eigenvalue weighted by molar-refractivity contribution is -0.384. The molecule has 1 aromatic heterocycles. The van der Waals surface area contributed by atoms with Gasteiger partial charge in [-0.1, -0.05) is 23.2 Å². The molecule has 2 rings (SSSR count). The Hall–Kier alpha value is -2.71. The minimum absolute atomic E-state index is 0.0836. The molecule has 10 heteroatoms. The molecule has 0 atom stereocenters. The van der Waals surface area contributed by atoms with Crippen molar-refractivity contribution in [3.63, 3.8) is 0 Å². The van der Waals surface area contributed by atoms with Gasteiger partial charge in [0.2, 0.25) is 0 Å². The summed E-state index contributed by atoms with van der Waals surface area (Å²) in [5, 5.41) is 13.3. The Morgan fingerprint density at radius 2 is 2.00 bits per heavy atom. The van der Waals surface area contributed by atoms with Gasteiger partial charge >= 0.3 is 5.97 Å². The molecule has 0 fully saturated rings. The second-order valence-corrected chi connectivity index (χ2v) is 5.25. The number of pyridine rings is 1. The molecule has 0 saturated heterocycles. The summed E-state index contributed by atoms with van der Waals surface area (Å²) in [4.78, 5) is 37.4. The highest BCUT2D eigenvalue weighted by molar-refractivity contribution is 6.33. The molecule has 0 radical (unpaired) electrons. The zero-order valence-corrected chi connectivity index (χ0v) is 13.4. The van der Waals surface area contributed by atoms with Gasteiger partial charge in [-0.2, -0.15) is 0 Å². The molecule has 0 spiro atoms. The monoisotopic (exact) mass is 369 g/mol. The number of nitrogens with zero attached hydrogens (tertiary/aromatic N) is 2. The summed E-state index contributed by atoms with van der Waals surface area (Å²) in [6.45, 7) is -0.573. The summed E-state index contributed by atoms with van der Waals surface area (Å²) < 4.78 is 4.81. The third-order valence-corrected chi connectivity index (χ3v) is 3.25. The molecular formula is C14H9Cl2N3O5. The van der Waals surface area contributed by atoms with E-state index in [-0.39, 0.29) is 22.1 Å². The van der Waals surface area contributed by atoms with E-state index < -0.39 is 23.4 Å². The number of anilines is 1. The first-order valence-electron chi connectivity index (χ1n) is 6.39. The number of amides is 1. The van der Waals surface area contributed by atoms with Gasteiger partial charge in [0.1, 0.15) is 5.82 Å². The number of nitrogens with one attached hydrogen (secondary N) is 1. The molecule has 0 aliphatic carbocycles. The van der Waals surface area contributed by atoms with Crippen LogP contribution in [0.2, 0.25) is 10.0 Å². The van der Waals surface area contributed by atoms with E-state index in [0.717, 1.165) is 18.2 Å². The van der Waals surface area contributed by atoms with Crippen molar-refractivity contribution in [2.45, 2.75) is 0 Å². The molecule has 0 saturated carbocycles. The van der Waals surface area contributed by atoms with Crippen LogP contribution in [0, 0.1) is 10.1 Å². The van der Waals surface area contributed by atoms with Crippen LogP contribution in [0.5, 0.6) is 0 Å². The molecule has 124 valence electrons. The molecule has 0 bridgehead atoms. The summed E-state index contributed by atoms with van der Waals surface area (Å²) in [5.41, 5.74) is -0.345. The Labute approximate surface area is 145 Å². The van der Waals surface area contributed by atoms with E-state index in [1.54, 1.807) is 0 Å². The highest BCUT2D eigenvalue weighted by Crippen LogP contribution is 2.23. The Balaban J connectivity index is 1.94. The molecule has 24 heavy (non-hydrogen) atoms. The van der Waals surface area contributed by atoms with E-state index in [1.165, 1.54) is 18.3 Å². The van der Waals surface area contributed by atoms with Crippen molar-refractivity contribution in [2.24, 2.45) is 0 Å². The van der Waals surface area contributed by atoms with Gasteiger partial charge in [0.15, 0.2) is 6.61 Å². The number of halogens is 2. The van der Waals surface area contributed by atoms with Gasteiger partial charge < -0.3 is 10.1 Å². The third kappa shape index (κ3) is 4.64. The van der Waals surface area contributed by atoms with Gasteiger partial charge in [0.25, 0.3) is 11.6 Å². The second kappa shape index (κ2) is 7.71. The van der Waals surface area contributed by atoms with Crippen LogP contribution < -0.4 is 5.32 Å². The second-order valence-electron chi connectivity index (χ2n) is 4.41. The molecule has 0 aliphatic heterocycles. The van der Waals surface area contributed by atoms with Crippen LogP contribution in [0.25, 0.3) is 0 Å². The number of carbonyl (C=O) groups is 2. The maximum absolute atomic E-state index is 11.9. The molecule has 8 nitrogen and oxygen atoms in total. The number of rotatable bonds is 5. The molecular weight excluding hydrogens is 361 g/mol. The molecule has 2 aromatic rings. The zero-order valence-electron chi connectivity index (χ0n) is 11.9. The first kappa shape index (κ1) is 17.6. The topological polar surface area (TPSA) is 111 Å². The number of aromatic nitrogens is 1. The summed E-state index contributed by atoms with van der Waals surface area (Å²) in [6.07, 6.45) is 1.35. The van der Waals surface area contributed by atoms with Crippen LogP contribution in [0.3, 0.4) is 0 Å². The standard InChI is InChI=1S/C14H9Cl2N3O5/c15-8-1-4-12(17-6-8)18-13(20)7-24-14(21)10-3-2-9(19(22)23)5-11(10)16/h1-6H,7H2,(H,17,18,20). The van der Waals surface area contributed by atoms with Crippen molar-refractivity contribution >= 4 is 46.6 Å². The number of hydrogen-bond donors (Lipinski definition) is 1. The number of ether oxygens (including phenoxy) is 1. The van der Waals surface area contributed by atoms with Crippen molar-refractivity contribution in [1.29, 1.82) is 0 Å². The normalized spacial score (nSPS) is 10.1. The number of nitro groups is 1. The smallest absolute Gasteiger partial charge is 0.340 e. The molecule has 1 heterocycles. The van der Waals surface area contributed by atoms with Crippen LogP contribution in [-0.4, -0.2) is 28.4 Å². The van der Waals surface area contributed by atoms with E-state index in [2.05, 4.69) is 10.3 Å². The maximum Gasteiger partial charge on any atom is 0.340 e. The Kier molecular flexibility index (Phi) is 5.67. The largest absolute Gasteiger partial charge is 0.452 e. The predicted octanol–water partition coefficient (Wildman–Crippen LogP) is 3.09. The molecule has 1 aromatic carbocycles. The molecule has 1 amide bonds. The Morgan fingerprint density at radius 1 is 1.25 bits per heavy atom. The van der Waals surface area contributed by atoms with Gasteiger partial charge in [-0.25, -0.2) is 9.78 Å². The SMILES string of the molecule is O=C(COC(=O)c1ccc([N+](=O)[O-])cc1Cl)Nc1ccc(Cl)cn1. The lowest BCUT2D eigenvalue weighted by atomic mass is 10.2. The minimum Gasteiger partial charge on any atom is -0.452 e. The summed E-state index contributed by atoms with van der Waals surface area (Å²) in [6, 6.07) is 6.31. The van der Waals surface area contributed by atoms with Crippen LogP contribution in [0.15, 0.2) is 36.5 Å². The highest BCUT2D eigenvalue weighted by Gasteiger charge is 2.17. The number of non-ortho nitro benzene ring substituents is 1. The quantitative estimate of drug-likeness (QED) is 0.492. The van der Waals surface area contributed by atoms with E-state index in [4.69, 9.17) is 27.9 Å². The third-order valence-electron chi connectivity index (χ3n) is 2.71. The van der Waals surface area contributed by atoms with Crippen molar-refractivity contribution < 1.29 is 19.2 Å². The minimum atomic E-state index is -0.880. The van der Waals surface area contributed by atoms with Crippen LogP contribution in [0.1, 0.15) is 10.4 Å².